The van der Waals surface area contributed by atoms with Crippen LogP contribution in [0.4, 0.5) is 0 Å². The molecule has 2 N–H and O–H groups in total. The zero-order valence-corrected chi connectivity index (χ0v) is 10.3. The predicted molar refractivity (Wildman–Crippen MR) is 67.0 cm³/mol. The summed E-state index contributed by atoms with van der Waals surface area (Å²) in [7, 11) is 0. The molecule has 0 fully saturated rings. The molecule has 88 valence electrons. The van der Waals surface area contributed by atoms with E-state index in [1.807, 2.05) is 10.9 Å². The first-order valence-corrected chi connectivity index (χ1v) is 6.01. The molecule has 0 bridgehead atoms. The smallest absolute Gasteiger partial charge is 0.0654 e. The van der Waals surface area contributed by atoms with Crippen molar-refractivity contribution >= 4 is 0 Å². The predicted octanol–water partition coefficient (Wildman–Crippen LogP) is 2.08. The van der Waals surface area contributed by atoms with E-state index in [-0.39, 0.29) is 0 Å². The minimum Gasteiger partial charge on any atom is -0.330 e. The number of aryl methyl sites for hydroxylation is 1. The van der Waals surface area contributed by atoms with Gasteiger partial charge in [0.2, 0.25) is 0 Å². The highest BCUT2D eigenvalue weighted by atomic mass is 15.3. The lowest BCUT2D eigenvalue weighted by atomic mass is 10.2. The number of aromatic nitrogens is 2. The fraction of sp³-hybridized carbons (Fsp3) is 0.615. The minimum atomic E-state index is 0.759. The lowest BCUT2D eigenvalue weighted by Gasteiger charge is -2.00. The zero-order valence-electron chi connectivity index (χ0n) is 10.3. The molecular weight excluding hydrogens is 198 g/mol. The van der Waals surface area contributed by atoms with Crippen LogP contribution in [0.5, 0.6) is 0 Å². The van der Waals surface area contributed by atoms with E-state index in [9.17, 15) is 0 Å². The molecule has 0 saturated heterocycles. The highest BCUT2D eigenvalue weighted by molar-refractivity contribution is 5.35. The van der Waals surface area contributed by atoms with Crippen molar-refractivity contribution in [3.05, 3.63) is 17.5 Å². The molecular formula is C13H21N3. The molecule has 0 aliphatic heterocycles. The Morgan fingerprint density at radius 3 is 2.94 bits per heavy atom. The number of nitrogens with two attached hydrogens (primary N) is 1. The van der Waals surface area contributed by atoms with Gasteiger partial charge in [0.1, 0.15) is 0 Å². The fourth-order valence-electron chi connectivity index (χ4n) is 1.52. The number of hydrogen-bond acceptors (Lipinski definition) is 2. The highest BCUT2D eigenvalue weighted by Crippen LogP contribution is 2.06. The van der Waals surface area contributed by atoms with Crippen molar-refractivity contribution in [1.29, 1.82) is 0 Å². The molecule has 0 aliphatic rings. The van der Waals surface area contributed by atoms with Gasteiger partial charge in [-0.1, -0.05) is 18.8 Å². The second-order valence-corrected chi connectivity index (χ2v) is 3.91. The molecule has 0 saturated carbocycles. The minimum absolute atomic E-state index is 0.759. The van der Waals surface area contributed by atoms with Crippen LogP contribution in [-0.2, 0) is 6.54 Å². The largest absolute Gasteiger partial charge is 0.330 e. The van der Waals surface area contributed by atoms with Gasteiger partial charge in [0, 0.05) is 13.0 Å². The topological polar surface area (TPSA) is 43.8 Å². The van der Waals surface area contributed by atoms with Gasteiger partial charge in [0.05, 0.1) is 17.5 Å². The van der Waals surface area contributed by atoms with Gasteiger partial charge in [-0.25, -0.2) is 0 Å². The van der Waals surface area contributed by atoms with Crippen molar-refractivity contribution in [2.24, 2.45) is 5.73 Å². The average Bonchev–Trinajstić information content (AvgIpc) is 2.62. The second kappa shape index (κ2) is 7.08. The third-order valence-electron chi connectivity index (χ3n) is 2.52. The number of rotatable bonds is 5. The number of unbranched alkanes of at least 4 members (excludes halogenated alkanes) is 2. The average molecular weight is 219 g/mol. The Morgan fingerprint density at radius 2 is 2.25 bits per heavy atom. The molecule has 0 spiro atoms. The SMILES string of the molecule is CCCn1ncc(C#CCCCCN)c1C. The number of hydrogen-bond donors (Lipinski definition) is 1. The molecule has 0 unspecified atom stereocenters. The molecule has 1 rings (SSSR count). The third-order valence-corrected chi connectivity index (χ3v) is 2.52. The van der Waals surface area contributed by atoms with E-state index in [0.717, 1.165) is 44.3 Å². The van der Waals surface area contributed by atoms with Gasteiger partial charge in [-0.3, -0.25) is 4.68 Å². The van der Waals surface area contributed by atoms with E-state index < -0.39 is 0 Å². The van der Waals surface area contributed by atoms with Gasteiger partial charge in [0.15, 0.2) is 0 Å². The van der Waals surface area contributed by atoms with E-state index in [1.165, 1.54) is 5.69 Å². The first-order valence-electron chi connectivity index (χ1n) is 6.01. The summed E-state index contributed by atoms with van der Waals surface area (Å²) in [5.41, 5.74) is 7.65. The molecule has 3 nitrogen and oxygen atoms in total. The van der Waals surface area contributed by atoms with E-state index >= 15 is 0 Å². The van der Waals surface area contributed by atoms with Crippen LogP contribution in [0.25, 0.3) is 0 Å². The van der Waals surface area contributed by atoms with Crippen molar-refractivity contribution in [2.75, 3.05) is 6.54 Å². The standard InChI is InChI=1S/C13H21N3/c1-3-10-16-12(2)13(11-15-16)8-6-4-5-7-9-14/h11H,3-5,7,9-10,14H2,1-2H3. The molecule has 1 heterocycles. The Kier molecular flexibility index (Phi) is 5.66. The van der Waals surface area contributed by atoms with Gasteiger partial charge in [-0.2, -0.15) is 5.10 Å². The molecule has 1 aromatic heterocycles. The van der Waals surface area contributed by atoms with Crippen molar-refractivity contribution in [3.63, 3.8) is 0 Å². The first-order chi connectivity index (χ1) is 7.79. The molecule has 0 radical (unpaired) electrons. The summed E-state index contributed by atoms with van der Waals surface area (Å²) < 4.78 is 2.02. The lowest BCUT2D eigenvalue weighted by molar-refractivity contribution is 0.587. The monoisotopic (exact) mass is 219 g/mol. The van der Waals surface area contributed by atoms with E-state index in [4.69, 9.17) is 5.73 Å². The van der Waals surface area contributed by atoms with Gasteiger partial charge in [0.25, 0.3) is 0 Å². The summed E-state index contributed by atoms with van der Waals surface area (Å²) in [6, 6.07) is 0. The summed E-state index contributed by atoms with van der Waals surface area (Å²) in [4.78, 5) is 0. The Bertz CT molecular complexity index is 368. The molecule has 16 heavy (non-hydrogen) atoms. The maximum absolute atomic E-state index is 5.42. The van der Waals surface area contributed by atoms with E-state index in [0.29, 0.717) is 0 Å². The van der Waals surface area contributed by atoms with Crippen molar-refractivity contribution in [2.45, 2.75) is 46.1 Å². The molecule has 0 atom stereocenters. The van der Waals surface area contributed by atoms with Crippen LogP contribution in [-0.4, -0.2) is 16.3 Å². The fourth-order valence-corrected chi connectivity index (χ4v) is 1.52. The summed E-state index contributed by atoms with van der Waals surface area (Å²) in [5, 5.41) is 4.31. The Morgan fingerprint density at radius 1 is 1.44 bits per heavy atom. The number of nitrogens with zero attached hydrogens (tertiary/aromatic N) is 2. The first kappa shape index (κ1) is 12.8. The van der Waals surface area contributed by atoms with Crippen molar-refractivity contribution in [3.8, 4) is 11.8 Å². The normalized spacial score (nSPS) is 9.94. The Labute approximate surface area is 98.0 Å². The van der Waals surface area contributed by atoms with Crippen LogP contribution >= 0.6 is 0 Å². The van der Waals surface area contributed by atoms with E-state index in [1.54, 1.807) is 0 Å². The van der Waals surface area contributed by atoms with Crippen LogP contribution in [0.15, 0.2) is 6.20 Å². The van der Waals surface area contributed by atoms with Gasteiger partial charge < -0.3 is 5.73 Å². The molecule has 0 amide bonds. The zero-order chi connectivity index (χ0) is 11.8. The van der Waals surface area contributed by atoms with Gasteiger partial charge in [-0.15, -0.1) is 0 Å². The molecule has 1 aromatic rings. The summed E-state index contributed by atoms with van der Waals surface area (Å²) in [6.07, 6.45) is 6.04. The summed E-state index contributed by atoms with van der Waals surface area (Å²) in [5.74, 6) is 6.35. The van der Waals surface area contributed by atoms with Crippen LogP contribution in [0, 0.1) is 18.8 Å². The maximum Gasteiger partial charge on any atom is 0.0654 e. The van der Waals surface area contributed by atoms with Crippen LogP contribution in [0.1, 0.15) is 43.9 Å². The lowest BCUT2D eigenvalue weighted by Crippen LogP contribution is -2.00. The Balaban J connectivity index is 2.53. The molecule has 0 aliphatic carbocycles. The van der Waals surface area contributed by atoms with Gasteiger partial charge in [-0.05, 0) is 32.7 Å². The third kappa shape index (κ3) is 3.71. The van der Waals surface area contributed by atoms with Crippen LogP contribution in [0.2, 0.25) is 0 Å². The molecule has 0 aromatic carbocycles. The summed E-state index contributed by atoms with van der Waals surface area (Å²) in [6.45, 7) is 5.96. The highest BCUT2D eigenvalue weighted by Gasteiger charge is 2.01. The second-order valence-electron chi connectivity index (χ2n) is 3.91. The quantitative estimate of drug-likeness (QED) is 0.608. The van der Waals surface area contributed by atoms with Gasteiger partial charge >= 0.3 is 0 Å². The van der Waals surface area contributed by atoms with Crippen molar-refractivity contribution < 1.29 is 0 Å². The van der Waals surface area contributed by atoms with Crippen LogP contribution in [0.3, 0.4) is 0 Å². The Hall–Kier alpha value is -1.27. The van der Waals surface area contributed by atoms with Crippen molar-refractivity contribution in [1.82, 2.24) is 9.78 Å². The summed E-state index contributed by atoms with van der Waals surface area (Å²) >= 11 is 0. The van der Waals surface area contributed by atoms with Crippen LogP contribution < -0.4 is 5.73 Å². The maximum atomic E-state index is 5.42. The molecule has 3 heteroatoms. The van der Waals surface area contributed by atoms with E-state index in [2.05, 4.69) is 30.8 Å².